The molecular formula is C13H10O2. The number of ketones is 2. The highest BCUT2D eigenvalue weighted by Crippen LogP contribution is 2.41. The maximum atomic E-state index is 12.0. The van der Waals surface area contributed by atoms with Gasteiger partial charge in [-0.05, 0) is 17.2 Å². The van der Waals surface area contributed by atoms with E-state index in [0.717, 1.165) is 11.1 Å². The molecule has 0 spiro atoms. The van der Waals surface area contributed by atoms with Crippen molar-refractivity contribution in [1.29, 1.82) is 0 Å². The molecule has 0 amide bonds. The third kappa shape index (κ3) is 1.11. The van der Waals surface area contributed by atoms with Crippen molar-refractivity contribution in [1.82, 2.24) is 0 Å². The van der Waals surface area contributed by atoms with Gasteiger partial charge in [-0.15, -0.1) is 0 Å². The van der Waals surface area contributed by atoms with E-state index in [1.54, 1.807) is 6.08 Å². The standard InChI is InChI=1S/C13H10O2/c14-8-5-6-11-12(7-8)9-3-1-2-4-10(9)13(11)15/h1-6,10-11H,7H2. The van der Waals surface area contributed by atoms with Gasteiger partial charge in [0.15, 0.2) is 11.6 Å². The summed E-state index contributed by atoms with van der Waals surface area (Å²) in [5.41, 5.74) is 2.06. The van der Waals surface area contributed by atoms with Crippen LogP contribution in [0.25, 0.3) is 0 Å². The fourth-order valence-corrected chi connectivity index (χ4v) is 2.51. The monoisotopic (exact) mass is 198 g/mol. The Hall–Kier alpha value is -1.70. The zero-order valence-corrected chi connectivity index (χ0v) is 8.14. The van der Waals surface area contributed by atoms with Crippen LogP contribution in [0.4, 0.5) is 0 Å². The number of allylic oxidation sites excluding steroid dienone is 8. The summed E-state index contributed by atoms with van der Waals surface area (Å²) >= 11 is 0. The van der Waals surface area contributed by atoms with Crippen LogP contribution in [-0.4, -0.2) is 11.6 Å². The van der Waals surface area contributed by atoms with Gasteiger partial charge in [0, 0.05) is 6.42 Å². The van der Waals surface area contributed by atoms with E-state index in [-0.39, 0.29) is 23.4 Å². The lowest BCUT2D eigenvalue weighted by atomic mass is 9.90. The molecule has 2 atom stereocenters. The molecule has 15 heavy (non-hydrogen) atoms. The molecule has 0 N–H and O–H groups in total. The first kappa shape index (κ1) is 8.60. The van der Waals surface area contributed by atoms with Gasteiger partial charge in [0.2, 0.25) is 0 Å². The average Bonchev–Trinajstić information content (AvgIpc) is 2.54. The first-order chi connectivity index (χ1) is 7.27. The van der Waals surface area contributed by atoms with Gasteiger partial charge in [-0.25, -0.2) is 0 Å². The minimum absolute atomic E-state index is 0.102. The summed E-state index contributed by atoms with van der Waals surface area (Å²) in [6.07, 6.45) is 11.4. The van der Waals surface area contributed by atoms with E-state index < -0.39 is 0 Å². The number of carbonyl (C=O) groups excluding carboxylic acids is 2. The second-order valence-corrected chi connectivity index (χ2v) is 4.08. The summed E-state index contributed by atoms with van der Waals surface area (Å²) in [6.45, 7) is 0. The Balaban J connectivity index is 2.15. The van der Waals surface area contributed by atoms with Crippen LogP contribution < -0.4 is 0 Å². The van der Waals surface area contributed by atoms with Gasteiger partial charge in [0.05, 0.1) is 11.8 Å². The smallest absolute Gasteiger partial charge is 0.159 e. The number of carbonyl (C=O) groups is 2. The molecule has 3 aliphatic rings. The van der Waals surface area contributed by atoms with E-state index in [2.05, 4.69) is 0 Å². The molecule has 3 aliphatic carbocycles. The van der Waals surface area contributed by atoms with Crippen LogP contribution in [0.5, 0.6) is 0 Å². The predicted molar refractivity (Wildman–Crippen MR) is 56.1 cm³/mol. The Bertz CT molecular complexity index is 475. The van der Waals surface area contributed by atoms with Crippen molar-refractivity contribution in [2.75, 3.05) is 0 Å². The van der Waals surface area contributed by atoms with Crippen molar-refractivity contribution in [3.8, 4) is 0 Å². The lowest BCUT2D eigenvalue weighted by Crippen LogP contribution is -2.17. The maximum Gasteiger partial charge on any atom is 0.159 e. The molecule has 0 aromatic carbocycles. The molecule has 0 radical (unpaired) electrons. The molecule has 0 heterocycles. The van der Waals surface area contributed by atoms with Crippen LogP contribution in [0.15, 0.2) is 47.6 Å². The van der Waals surface area contributed by atoms with Gasteiger partial charge in [0.1, 0.15) is 0 Å². The van der Waals surface area contributed by atoms with Crippen molar-refractivity contribution < 1.29 is 9.59 Å². The lowest BCUT2D eigenvalue weighted by molar-refractivity contribution is -0.121. The predicted octanol–water partition coefficient (Wildman–Crippen LogP) is 1.75. The molecule has 2 unspecified atom stereocenters. The molecule has 0 saturated carbocycles. The van der Waals surface area contributed by atoms with Crippen LogP contribution in [0.2, 0.25) is 0 Å². The van der Waals surface area contributed by atoms with Gasteiger partial charge in [-0.3, -0.25) is 9.59 Å². The molecule has 0 aliphatic heterocycles. The molecule has 0 saturated heterocycles. The van der Waals surface area contributed by atoms with Crippen molar-refractivity contribution in [3.63, 3.8) is 0 Å². The van der Waals surface area contributed by atoms with Crippen molar-refractivity contribution >= 4 is 11.6 Å². The number of rotatable bonds is 0. The van der Waals surface area contributed by atoms with Gasteiger partial charge in [-0.2, -0.15) is 0 Å². The van der Waals surface area contributed by atoms with Crippen LogP contribution in [0, 0.1) is 11.8 Å². The van der Waals surface area contributed by atoms with Gasteiger partial charge >= 0.3 is 0 Å². The number of hydrogen-bond acceptors (Lipinski definition) is 2. The third-order valence-electron chi connectivity index (χ3n) is 3.22. The minimum Gasteiger partial charge on any atom is -0.298 e. The maximum absolute atomic E-state index is 12.0. The zero-order valence-electron chi connectivity index (χ0n) is 8.14. The number of fused-ring (bicyclic) bond motifs is 2. The van der Waals surface area contributed by atoms with Crippen LogP contribution >= 0.6 is 0 Å². The Labute approximate surface area is 87.7 Å². The molecular weight excluding hydrogens is 188 g/mol. The highest BCUT2D eigenvalue weighted by molar-refractivity contribution is 6.03. The van der Waals surface area contributed by atoms with E-state index in [1.165, 1.54) is 6.08 Å². The molecule has 74 valence electrons. The molecule has 2 nitrogen and oxygen atoms in total. The van der Waals surface area contributed by atoms with E-state index in [9.17, 15) is 9.59 Å². The molecule has 0 aromatic rings. The van der Waals surface area contributed by atoms with Gasteiger partial charge < -0.3 is 0 Å². The minimum atomic E-state index is -0.143. The summed E-state index contributed by atoms with van der Waals surface area (Å²) < 4.78 is 0. The van der Waals surface area contributed by atoms with E-state index in [0.29, 0.717) is 6.42 Å². The van der Waals surface area contributed by atoms with Crippen molar-refractivity contribution in [2.24, 2.45) is 11.8 Å². The number of Topliss-reactive ketones (excluding diaryl/α,β-unsaturated/α-hetero) is 1. The quantitative estimate of drug-likeness (QED) is 0.594. The zero-order chi connectivity index (χ0) is 10.4. The van der Waals surface area contributed by atoms with Crippen LogP contribution in [0.3, 0.4) is 0 Å². The molecule has 2 heteroatoms. The van der Waals surface area contributed by atoms with E-state index >= 15 is 0 Å². The lowest BCUT2D eigenvalue weighted by Gasteiger charge is -2.12. The second-order valence-electron chi connectivity index (χ2n) is 4.08. The van der Waals surface area contributed by atoms with Crippen molar-refractivity contribution in [2.45, 2.75) is 6.42 Å². The van der Waals surface area contributed by atoms with Crippen LogP contribution in [0.1, 0.15) is 6.42 Å². The summed E-state index contributed by atoms with van der Waals surface area (Å²) in [5.74, 6) is 0.0650. The molecule has 0 aromatic heterocycles. The fraction of sp³-hybridized carbons (Fsp3) is 0.231. The van der Waals surface area contributed by atoms with E-state index in [4.69, 9.17) is 0 Å². The summed E-state index contributed by atoms with van der Waals surface area (Å²) in [7, 11) is 0. The van der Waals surface area contributed by atoms with Gasteiger partial charge in [0.25, 0.3) is 0 Å². The van der Waals surface area contributed by atoms with Crippen LogP contribution in [-0.2, 0) is 9.59 Å². The SMILES string of the molecule is O=C1C=CC2C(=O)C3C=CC=CC3=C2C1. The Kier molecular flexibility index (Phi) is 1.66. The summed E-state index contributed by atoms with van der Waals surface area (Å²) in [6, 6.07) is 0. The Morgan fingerprint density at radius 3 is 2.73 bits per heavy atom. The summed E-state index contributed by atoms with van der Waals surface area (Å²) in [5, 5.41) is 0. The topological polar surface area (TPSA) is 34.1 Å². The molecule has 0 bridgehead atoms. The first-order valence-corrected chi connectivity index (χ1v) is 5.10. The number of hydrogen-bond donors (Lipinski definition) is 0. The van der Waals surface area contributed by atoms with Gasteiger partial charge in [-0.1, -0.05) is 30.4 Å². The highest BCUT2D eigenvalue weighted by atomic mass is 16.1. The molecule has 3 rings (SSSR count). The average molecular weight is 198 g/mol. The van der Waals surface area contributed by atoms with E-state index in [1.807, 2.05) is 24.3 Å². The largest absolute Gasteiger partial charge is 0.298 e. The fourth-order valence-electron chi connectivity index (χ4n) is 2.51. The molecule has 0 fully saturated rings. The Morgan fingerprint density at radius 1 is 1.00 bits per heavy atom. The van der Waals surface area contributed by atoms with Crippen molar-refractivity contribution in [3.05, 3.63) is 47.6 Å². The summed E-state index contributed by atoms with van der Waals surface area (Å²) in [4.78, 5) is 23.3. The third-order valence-corrected chi connectivity index (χ3v) is 3.22. The highest BCUT2D eigenvalue weighted by Gasteiger charge is 2.40. The normalized spacial score (nSPS) is 32.3. The Morgan fingerprint density at radius 2 is 1.87 bits per heavy atom. The second kappa shape index (κ2) is 2.89. The first-order valence-electron chi connectivity index (χ1n) is 5.10.